The number of hydrogen-bond acceptors (Lipinski definition) is 4. The van der Waals surface area contributed by atoms with E-state index in [0.717, 1.165) is 30.4 Å². The normalized spacial score (nSPS) is 20.9. The minimum atomic E-state index is -0.615. The molecule has 0 spiro atoms. The van der Waals surface area contributed by atoms with E-state index in [0.29, 0.717) is 12.0 Å². The molecule has 1 aromatic heterocycles. The number of carbonyl (C=O) groups is 1. The van der Waals surface area contributed by atoms with Crippen molar-refractivity contribution in [2.24, 2.45) is 0 Å². The summed E-state index contributed by atoms with van der Waals surface area (Å²) < 4.78 is 19.5. The summed E-state index contributed by atoms with van der Waals surface area (Å²) in [6.07, 6.45) is 6.66. The van der Waals surface area contributed by atoms with Crippen molar-refractivity contribution in [1.82, 2.24) is 9.88 Å². The summed E-state index contributed by atoms with van der Waals surface area (Å²) in [4.78, 5) is 18.5. The second-order valence-corrected chi connectivity index (χ2v) is 7.16. The van der Waals surface area contributed by atoms with E-state index < -0.39 is 5.82 Å². The Morgan fingerprint density at radius 3 is 2.86 bits per heavy atom. The van der Waals surface area contributed by atoms with Crippen molar-refractivity contribution < 1.29 is 13.9 Å². The number of nitriles is 1. The molecule has 0 N–H and O–H groups in total. The third-order valence-electron chi connectivity index (χ3n) is 5.37. The molecular weight excluding hydrogens is 357 g/mol. The molecule has 2 unspecified atom stereocenters. The molecular formula is C22H20FN3O2. The second kappa shape index (κ2) is 7.81. The Kier molecular flexibility index (Phi) is 5.07. The molecule has 2 aliphatic heterocycles. The summed E-state index contributed by atoms with van der Waals surface area (Å²) in [6, 6.07) is 12.7. The van der Waals surface area contributed by atoms with Gasteiger partial charge < -0.3 is 4.74 Å². The fourth-order valence-electron chi connectivity index (χ4n) is 4.02. The highest BCUT2D eigenvalue weighted by molar-refractivity contribution is 5.74. The van der Waals surface area contributed by atoms with Crippen molar-refractivity contribution in [2.75, 3.05) is 0 Å². The van der Waals surface area contributed by atoms with Gasteiger partial charge in [-0.05, 0) is 48.4 Å². The van der Waals surface area contributed by atoms with Gasteiger partial charge in [-0.25, -0.2) is 14.2 Å². The molecule has 1 amide bonds. The molecule has 1 saturated heterocycles. The van der Waals surface area contributed by atoms with E-state index in [2.05, 4.69) is 4.98 Å². The zero-order valence-corrected chi connectivity index (χ0v) is 15.3. The van der Waals surface area contributed by atoms with Crippen molar-refractivity contribution in [3.8, 4) is 6.07 Å². The topological polar surface area (TPSA) is 66.2 Å². The van der Waals surface area contributed by atoms with E-state index in [4.69, 9.17) is 10.00 Å². The number of rotatable bonds is 3. The number of hydrogen-bond donors (Lipinski definition) is 0. The van der Waals surface area contributed by atoms with Crippen LogP contribution < -0.4 is 0 Å². The van der Waals surface area contributed by atoms with Crippen LogP contribution in [0.3, 0.4) is 0 Å². The Morgan fingerprint density at radius 2 is 2.14 bits per heavy atom. The van der Waals surface area contributed by atoms with E-state index in [1.807, 2.05) is 41.3 Å². The van der Waals surface area contributed by atoms with Crippen LogP contribution in [0.4, 0.5) is 9.18 Å². The van der Waals surface area contributed by atoms with Gasteiger partial charge in [-0.3, -0.25) is 4.90 Å². The average Bonchev–Trinajstić information content (AvgIpc) is 2.71. The van der Waals surface area contributed by atoms with Crippen LogP contribution in [0.25, 0.3) is 5.57 Å². The van der Waals surface area contributed by atoms with Gasteiger partial charge in [0.1, 0.15) is 12.7 Å². The number of fused-ring (bicyclic) bond motifs is 2. The molecule has 0 saturated carbocycles. The first-order chi connectivity index (χ1) is 13.7. The van der Waals surface area contributed by atoms with E-state index in [1.165, 1.54) is 12.3 Å². The average molecular weight is 377 g/mol. The minimum absolute atomic E-state index is 0.0285. The van der Waals surface area contributed by atoms with Crippen molar-refractivity contribution in [2.45, 2.75) is 44.4 Å². The van der Waals surface area contributed by atoms with Gasteiger partial charge in [0.25, 0.3) is 0 Å². The van der Waals surface area contributed by atoms with Crippen LogP contribution >= 0.6 is 0 Å². The molecule has 3 heterocycles. The SMILES string of the molecule is N#Cc1ncc(C2=CC3CCCC(C2)N3C(=O)OCc2ccccc2)cc1F. The van der Waals surface area contributed by atoms with E-state index >= 15 is 0 Å². The summed E-state index contributed by atoms with van der Waals surface area (Å²) in [7, 11) is 0. The van der Waals surface area contributed by atoms with Crippen LogP contribution in [0, 0.1) is 17.1 Å². The Labute approximate surface area is 163 Å². The highest BCUT2D eigenvalue weighted by Gasteiger charge is 2.38. The van der Waals surface area contributed by atoms with Crippen molar-refractivity contribution in [1.29, 1.82) is 5.26 Å². The fraction of sp³-hybridized carbons (Fsp3) is 0.318. The molecule has 142 valence electrons. The lowest BCUT2D eigenvalue weighted by molar-refractivity contribution is 0.0510. The lowest BCUT2D eigenvalue weighted by Crippen LogP contribution is -2.51. The molecule has 28 heavy (non-hydrogen) atoms. The lowest BCUT2D eigenvalue weighted by atomic mass is 9.83. The number of nitrogens with zero attached hydrogens (tertiary/aromatic N) is 3. The number of benzene rings is 1. The highest BCUT2D eigenvalue weighted by Crippen LogP contribution is 2.37. The Morgan fingerprint density at radius 1 is 1.32 bits per heavy atom. The number of piperidine rings is 1. The maximum atomic E-state index is 14.0. The summed E-state index contributed by atoms with van der Waals surface area (Å²) >= 11 is 0. The van der Waals surface area contributed by atoms with Crippen LogP contribution in [-0.4, -0.2) is 28.1 Å². The van der Waals surface area contributed by atoms with Gasteiger partial charge in [0.2, 0.25) is 0 Å². The van der Waals surface area contributed by atoms with Crippen molar-refractivity contribution in [3.63, 3.8) is 0 Å². The molecule has 4 rings (SSSR count). The van der Waals surface area contributed by atoms with Crippen LogP contribution in [0.15, 0.2) is 48.7 Å². The van der Waals surface area contributed by atoms with Crippen molar-refractivity contribution in [3.05, 3.63) is 71.3 Å². The number of ether oxygens (including phenoxy) is 1. The maximum Gasteiger partial charge on any atom is 0.410 e. The molecule has 2 atom stereocenters. The molecule has 0 radical (unpaired) electrons. The third kappa shape index (κ3) is 3.61. The molecule has 1 aromatic carbocycles. The third-order valence-corrected chi connectivity index (χ3v) is 5.37. The van der Waals surface area contributed by atoms with Gasteiger partial charge in [-0.2, -0.15) is 5.26 Å². The molecule has 2 aliphatic rings. The van der Waals surface area contributed by atoms with E-state index in [1.54, 1.807) is 6.07 Å². The van der Waals surface area contributed by atoms with Crippen molar-refractivity contribution >= 4 is 11.7 Å². The lowest BCUT2D eigenvalue weighted by Gasteiger charge is -2.44. The van der Waals surface area contributed by atoms with E-state index in [-0.39, 0.29) is 30.5 Å². The molecule has 5 nitrogen and oxygen atoms in total. The van der Waals surface area contributed by atoms with Gasteiger partial charge >= 0.3 is 6.09 Å². The van der Waals surface area contributed by atoms with Gasteiger partial charge in [0.05, 0.1) is 6.04 Å². The highest BCUT2D eigenvalue weighted by atomic mass is 19.1. The number of aromatic nitrogens is 1. The Balaban J connectivity index is 1.52. The number of carbonyl (C=O) groups excluding carboxylic acids is 1. The predicted molar refractivity (Wildman–Crippen MR) is 101 cm³/mol. The first kappa shape index (κ1) is 18.2. The van der Waals surface area contributed by atoms with Gasteiger partial charge in [0.15, 0.2) is 11.5 Å². The molecule has 1 fully saturated rings. The fourth-order valence-corrected chi connectivity index (χ4v) is 4.02. The number of pyridine rings is 1. The van der Waals surface area contributed by atoms with Crippen LogP contribution in [0.2, 0.25) is 0 Å². The Bertz CT molecular complexity index is 952. The van der Waals surface area contributed by atoms with Crippen LogP contribution in [0.5, 0.6) is 0 Å². The quantitative estimate of drug-likeness (QED) is 0.793. The van der Waals surface area contributed by atoms with Gasteiger partial charge in [-0.1, -0.05) is 36.4 Å². The van der Waals surface area contributed by atoms with Gasteiger partial charge in [0, 0.05) is 12.2 Å². The van der Waals surface area contributed by atoms with Crippen LogP contribution in [0.1, 0.15) is 42.5 Å². The smallest absolute Gasteiger partial charge is 0.410 e. The molecule has 2 bridgehead atoms. The largest absolute Gasteiger partial charge is 0.445 e. The standard InChI is InChI=1S/C22H20FN3O2/c23-20-11-17(13-25-21(20)12-24)16-9-18-7-4-8-19(10-16)26(18)22(27)28-14-15-5-2-1-3-6-15/h1-3,5-6,9,11,13,18-19H,4,7-8,10,14H2. The second-order valence-electron chi connectivity index (χ2n) is 7.16. The first-order valence-electron chi connectivity index (χ1n) is 9.41. The summed E-state index contributed by atoms with van der Waals surface area (Å²) in [5, 5.41) is 8.85. The monoisotopic (exact) mass is 377 g/mol. The zero-order chi connectivity index (χ0) is 19.5. The number of amides is 1. The summed E-state index contributed by atoms with van der Waals surface area (Å²) in [5.41, 5.74) is 2.39. The predicted octanol–water partition coefficient (Wildman–Crippen LogP) is 4.44. The Hall–Kier alpha value is -3.20. The zero-order valence-electron chi connectivity index (χ0n) is 15.3. The molecule has 6 heteroatoms. The summed E-state index contributed by atoms with van der Waals surface area (Å²) in [5.74, 6) is -0.615. The first-order valence-corrected chi connectivity index (χ1v) is 9.41. The van der Waals surface area contributed by atoms with E-state index in [9.17, 15) is 9.18 Å². The maximum absolute atomic E-state index is 14.0. The van der Waals surface area contributed by atoms with Gasteiger partial charge in [-0.15, -0.1) is 0 Å². The number of halogens is 1. The van der Waals surface area contributed by atoms with Crippen LogP contribution in [-0.2, 0) is 11.3 Å². The minimum Gasteiger partial charge on any atom is -0.445 e. The summed E-state index contributed by atoms with van der Waals surface area (Å²) in [6.45, 7) is 0.247. The molecule has 0 aliphatic carbocycles. The molecule has 2 aromatic rings.